The quantitative estimate of drug-likeness (QED) is 0.684. The van der Waals surface area contributed by atoms with Gasteiger partial charge >= 0.3 is 0 Å². The molecule has 3 nitrogen and oxygen atoms in total. The van der Waals surface area contributed by atoms with Crippen LogP contribution in [0.15, 0.2) is 41.8 Å². The Labute approximate surface area is 118 Å². The zero-order valence-corrected chi connectivity index (χ0v) is 12.1. The second kappa shape index (κ2) is 5.42. The molecule has 18 heavy (non-hydrogen) atoms. The van der Waals surface area contributed by atoms with Gasteiger partial charge in [0.15, 0.2) is 9.84 Å². The average molecular weight is 299 g/mol. The van der Waals surface area contributed by atoms with Crippen LogP contribution in [-0.4, -0.2) is 29.4 Å². The van der Waals surface area contributed by atoms with Gasteiger partial charge in [-0.2, -0.15) is 0 Å². The Morgan fingerprint density at radius 1 is 1.39 bits per heavy atom. The van der Waals surface area contributed by atoms with E-state index in [-0.39, 0.29) is 11.8 Å². The van der Waals surface area contributed by atoms with Crippen LogP contribution >= 0.6 is 24.8 Å². The van der Waals surface area contributed by atoms with Crippen LogP contribution < -0.4 is 0 Å². The van der Waals surface area contributed by atoms with Crippen LogP contribution in [0.5, 0.6) is 0 Å². The fourth-order valence-corrected chi connectivity index (χ4v) is 3.58. The first-order valence-electron chi connectivity index (χ1n) is 5.42. The molecule has 6 heteroatoms. The van der Waals surface area contributed by atoms with Crippen molar-refractivity contribution in [2.75, 3.05) is 5.75 Å². The largest absolute Gasteiger partial charge is 0.346 e. The maximum absolute atomic E-state index is 11.4. The maximum atomic E-state index is 11.4. The first-order chi connectivity index (χ1) is 8.48. The molecule has 0 aliphatic carbocycles. The molecule has 0 amide bonds. The Balaban J connectivity index is 2.16. The number of thiocarbonyl (C=S) groups is 1. The molecule has 0 bridgehead atoms. The molecule has 0 saturated heterocycles. The van der Waals surface area contributed by atoms with E-state index in [1.807, 2.05) is 35.2 Å². The van der Waals surface area contributed by atoms with E-state index in [1.165, 1.54) is 5.41 Å². The zero-order valence-electron chi connectivity index (χ0n) is 9.56. The van der Waals surface area contributed by atoms with E-state index in [0.29, 0.717) is 10.9 Å². The number of sulfone groups is 1. The highest BCUT2D eigenvalue weighted by molar-refractivity contribution is 8.10. The highest BCUT2D eigenvalue weighted by Gasteiger charge is 2.27. The molecule has 1 aliphatic rings. The number of rotatable bonds is 3. The summed E-state index contributed by atoms with van der Waals surface area (Å²) in [5, 5.41) is 1.25. The lowest BCUT2D eigenvalue weighted by Crippen LogP contribution is -2.37. The highest BCUT2D eigenvalue weighted by Crippen LogP contribution is 2.19. The molecule has 1 aromatic rings. The van der Waals surface area contributed by atoms with Gasteiger partial charge in [-0.05, 0) is 11.6 Å². The summed E-state index contributed by atoms with van der Waals surface area (Å²) in [7, 11) is -3.08. The third-order valence-corrected chi connectivity index (χ3v) is 4.62. The van der Waals surface area contributed by atoms with Crippen LogP contribution in [0.25, 0.3) is 0 Å². The topological polar surface area (TPSA) is 37.4 Å². The second-order valence-electron chi connectivity index (χ2n) is 4.12. The third-order valence-electron chi connectivity index (χ3n) is 2.75. The van der Waals surface area contributed by atoms with Crippen molar-refractivity contribution in [1.29, 1.82) is 0 Å². The van der Waals surface area contributed by atoms with Gasteiger partial charge in [0, 0.05) is 12.0 Å². The van der Waals surface area contributed by atoms with E-state index in [1.54, 1.807) is 6.08 Å². The molecule has 0 spiro atoms. The summed E-state index contributed by atoms with van der Waals surface area (Å²) in [5.74, 6) is 0.0700. The van der Waals surface area contributed by atoms with Crippen LogP contribution in [0.1, 0.15) is 5.56 Å². The minimum atomic E-state index is -3.08. The molecule has 0 radical (unpaired) electrons. The molecule has 1 unspecified atom stereocenters. The van der Waals surface area contributed by atoms with E-state index in [4.69, 9.17) is 12.2 Å². The van der Waals surface area contributed by atoms with E-state index in [0.717, 1.165) is 5.56 Å². The molecule has 1 heterocycles. The van der Waals surface area contributed by atoms with Gasteiger partial charge in [-0.15, -0.1) is 12.6 Å². The molecule has 96 valence electrons. The number of nitrogens with zero attached hydrogens (tertiary/aromatic N) is 1. The first kappa shape index (κ1) is 13.6. The van der Waals surface area contributed by atoms with Gasteiger partial charge in [-0.25, -0.2) is 8.42 Å². The van der Waals surface area contributed by atoms with Crippen molar-refractivity contribution in [3.63, 3.8) is 0 Å². The molecule has 0 fully saturated rings. The van der Waals surface area contributed by atoms with Gasteiger partial charge in [-0.1, -0.05) is 42.5 Å². The molecule has 0 saturated carbocycles. The average Bonchev–Trinajstić information content (AvgIpc) is 2.67. The molecular formula is C12H13NO2S3. The van der Waals surface area contributed by atoms with Crippen LogP contribution in [-0.2, 0) is 16.4 Å². The van der Waals surface area contributed by atoms with Crippen molar-refractivity contribution in [3.8, 4) is 0 Å². The fraction of sp³-hybridized carbons (Fsp3) is 0.250. The van der Waals surface area contributed by atoms with E-state index >= 15 is 0 Å². The van der Waals surface area contributed by atoms with E-state index < -0.39 is 9.84 Å². The minimum Gasteiger partial charge on any atom is -0.346 e. The Kier molecular flexibility index (Phi) is 4.09. The standard InChI is InChI=1S/C12H13NO2S3/c14-18(15)7-6-11(9-18)13(12(16)17)8-10-4-2-1-3-5-10/h1-7,11H,8-9H2,(H,16,17). The normalized spacial score (nSPS) is 20.8. The van der Waals surface area contributed by atoms with Crippen molar-refractivity contribution in [3.05, 3.63) is 47.4 Å². The summed E-state index contributed by atoms with van der Waals surface area (Å²) in [6.07, 6.45) is 1.67. The maximum Gasteiger partial charge on any atom is 0.173 e. The summed E-state index contributed by atoms with van der Waals surface area (Å²) < 4.78 is 23.3. The van der Waals surface area contributed by atoms with Crippen molar-refractivity contribution in [1.82, 2.24) is 4.90 Å². The predicted octanol–water partition coefficient (Wildman–Crippen LogP) is 2.01. The Bertz CT molecular complexity index is 566. The number of thiol groups is 1. The van der Waals surface area contributed by atoms with E-state index in [2.05, 4.69) is 12.6 Å². The van der Waals surface area contributed by atoms with Gasteiger partial charge in [0.2, 0.25) is 0 Å². The van der Waals surface area contributed by atoms with Crippen molar-refractivity contribution in [2.45, 2.75) is 12.6 Å². The first-order valence-corrected chi connectivity index (χ1v) is 7.99. The molecule has 1 aliphatic heterocycles. The molecule has 1 aromatic carbocycles. The van der Waals surface area contributed by atoms with Gasteiger partial charge in [0.25, 0.3) is 0 Å². The minimum absolute atomic E-state index is 0.0700. The van der Waals surface area contributed by atoms with Crippen molar-refractivity contribution in [2.24, 2.45) is 0 Å². The summed E-state index contributed by atoms with van der Waals surface area (Å²) in [4.78, 5) is 1.81. The summed E-state index contributed by atoms with van der Waals surface area (Å²) >= 11 is 9.27. The SMILES string of the molecule is O=S1(=O)C=CC(N(Cc2ccccc2)C(=S)S)C1. The van der Waals surface area contributed by atoms with Crippen molar-refractivity contribution >= 4 is 39.0 Å². The number of benzene rings is 1. The molecule has 2 rings (SSSR count). The lowest BCUT2D eigenvalue weighted by atomic mass is 10.2. The Morgan fingerprint density at radius 2 is 2.06 bits per heavy atom. The van der Waals surface area contributed by atoms with Gasteiger partial charge in [-0.3, -0.25) is 0 Å². The lowest BCUT2D eigenvalue weighted by molar-refractivity contribution is 0.388. The van der Waals surface area contributed by atoms with Crippen LogP contribution in [0.2, 0.25) is 0 Å². The van der Waals surface area contributed by atoms with Gasteiger partial charge in [0.05, 0.1) is 11.8 Å². The third kappa shape index (κ3) is 3.34. The predicted molar refractivity (Wildman–Crippen MR) is 80.3 cm³/mol. The van der Waals surface area contributed by atoms with Crippen LogP contribution in [0.4, 0.5) is 0 Å². The Hall–Kier alpha value is -0.850. The molecule has 1 atom stereocenters. The number of hydrogen-bond acceptors (Lipinski definition) is 3. The summed E-state index contributed by atoms with van der Waals surface area (Å²) in [6, 6.07) is 9.55. The zero-order chi connectivity index (χ0) is 13.2. The molecule has 0 aromatic heterocycles. The van der Waals surface area contributed by atoms with Crippen molar-refractivity contribution < 1.29 is 8.42 Å². The summed E-state index contributed by atoms with van der Waals surface area (Å²) in [6.45, 7) is 0.563. The van der Waals surface area contributed by atoms with Crippen LogP contribution in [0.3, 0.4) is 0 Å². The monoisotopic (exact) mass is 299 g/mol. The highest BCUT2D eigenvalue weighted by atomic mass is 32.2. The molecular weight excluding hydrogens is 286 g/mol. The lowest BCUT2D eigenvalue weighted by Gasteiger charge is -2.27. The smallest absolute Gasteiger partial charge is 0.173 e. The van der Waals surface area contributed by atoms with E-state index in [9.17, 15) is 8.42 Å². The van der Waals surface area contributed by atoms with Gasteiger partial charge in [0.1, 0.15) is 4.32 Å². The Morgan fingerprint density at radius 3 is 2.56 bits per heavy atom. The summed E-state index contributed by atoms with van der Waals surface area (Å²) in [5.41, 5.74) is 1.08. The molecule has 0 N–H and O–H groups in total. The van der Waals surface area contributed by atoms with Crippen LogP contribution in [0, 0.1) is 0 Å². The number of hydrogen-bond donors (Lipinski definition) is 1. The van der Waals surface area contributed by atoms with Gasteiger partial charge < -0.3 is 4.90 Å². The second-order valence-corrected chi connectivity index (χ2v) is 7.17. The fourth-order valence-electron chi connectivity index (χ4n) is 1.86.